The molecule has 0 radical (unpaired) electrons. The number of aromatic nitrogens is 1. The van der Waals surface area contributed by atoms with E-state index in [9.17, 15) is 4.79 Å². The quantitative estimate of drug-likeness (QED) is 0.787. The Bertz CT molecular complexity index is 442. The van der Waals surface area contributed by atoms with Crippen molar-refractivity contribution in [2.75, 3.05) is 6.54 Å². The number of rotatable bonds is 4. The molecule has 1 heterocycles. The number of amides is 1. The molecule has 0 N–H and O–H groups in total. The Balaban J connectivity index is 2.19. The first-order chi connectivity index (χ1) is 9.08. The molecule has 104 valence electrons. The Morgan fingerprint density at radius 3 is 2.68 bits per heavy atom. The number of carbonyl (C=O) groups excluding carboxylic acids is 1. The van der Waals surface area contributed by atoms with Gasteiger partial charge in [0.1, 0.15) is 10.3 Å². The van der Waals surface area contributed by atoms with Crippen LogP contribution in [0.1, 0.15) is 50.0 Å². The summed E-state index contributed by atoms with van der Waals surface area (Å²) in [5.41, 5.74) is 0.543. The average Bonchev–Trinajstić information content (AvgIpc) is 2.88. The van der Waals surface area contributed by atoms with Crippen molar-refractivity contribution >= 4 is 21.8 Å². The van der Waals surface area contributed by atoms with E-state index in [4.69, 9.17) is 0 Å². The minimum atomic E-state index is 0.0712. The van der Waals surface area contributed by atoms with E-state index < -0.39 is 0 Å². The Labute approximate surface area is 123 Å². The summed E-state index contributed by atoms with van der Waals surface area (Å²) in [6.45, 7) is 5.13. The predicted octanol–water partition coefficient (Wildman–Crippen LogP) is 3.88. The molecular formula is C15H21BrN2O. The van der Waals surface area contributed by atoms with Gasteiger partial charge in [0, 0.05) is 12.6 Å². The minimum absolute atomic E-state index is 0.0712. The van der Waals surface area contributed by atoms with Crippen molar-refractivity contribution in [2.45, 2.75) is 45.6 Å². The fourth-order valence-electron chi connectivity index (χ4n) is 2.68. The Morgan fingerprint density at radius 2 is 2.11 bits per heavy atom. The van der Waals surface area contributed by atoms with Crippen molar-refractivity contribution in [3.8, 4) is 0 Å². The van der Waals surface area contributed by atoms with E-state index in [2.05, 4.69) is 34.8 Å². The van der Waals surface area contributed by atoms with Crippen LogP contribution >= 0.6 is 15.9 Å². The van der Waals surface area contributed by atoms with Gasteiger partial charge in [-0.15, -0.1) is 0 Å². The van der Waals surface area contributed by atoms with Crippen LogP contribution in [0.25, 0.3) is 0 Å². The number of carbonyl (C=O) groups is 1. The molecule has 1 fully saturated rings. The standard InChI is InChI=1S/C15H21BrN2O/c1-11(2)10-18(12-6-3-4-7-12)15(19)13-8-5-9-14(16)17-13/h5,8-9,11-12H,3-4,6-7,10H2,1-2H3. The Morgan fingerprint density at radius 1 is 1.42 bits per heavy atom. The van der Waals surface area contributed by atoms with E-state index in [0.29, 0.717) is 22.3 Å². The van der Waals surface area contributed by atoms with E-state index >= 15 is 0 Å². The molecule has 1 saturated carbocycles. The summed E-state index contributed by atoms with van der Waals surface area (Å²) in [4.78, 5) is 19.0. The number of pyridine rings is 1. The summed E-state index contributed by atoms with van der Waals surface area (Å²) in [5, 5.41) is 0. The van der Waals surface area contributed by atoms with E-state index in [1.807, 2.05) is 17.0 Å². The van der Waals surface area contributed by atoms with Crippen molar-refractivity contribution in [1.29, 1.82) is 0 Å². The molecule has 1 amide bonds. The van der Waals surface area contributed by atoms with Gasteiger partial charge in [-0.2, -0.15) is 0 Å². The van der Waals surface area contributed by atoms with Gasteiger partial charge in [-0.1, -0.05) is 32.8 Å². The highest BCUT2D eigenvalue weighted by Gasteiger charge is 2.28. The molecular weight excluding hydrogens is 304 g/mol. The first-order valence-electron chi connectivity index (χ1n) is 7.01. The van der Waals surface area contributed by atoms with Crippen LogP contribution in [0, 0.1) is 5.92 Å². The van der Waals surface area contributed by atoms with Gasteiger partial charge in [-0.05, 0) is 46.8 Å². The monoisotopic (exact) mass is 324 g/mol. The third-order valence-corrected chi connectivity index (χ3v) is 3.96. The van der Waals surface area contributed by atoms with Gasteiger partial charge >= 0.3 is 0 Å². The highest BCUT2D eigenvalue weighted by atomic mass is 79.9. The van der Waals surface area contributed by atoms with Crippen LogP contribution in [-0.2, 0) is 0 Å². The summed E-state index contributed by atoms with van der Waals surface area (Å²) in [6.07, 6.45) is 4.73. The topological polar surface area (TPSA) is 33.2 Å². The van der Waals surface area contributed by atoms with Crippen LogP contribution in [0.5, 0.6) is 0 Å². The minimum Gasteiger partial charge on any atom is -0.334 e. The largest absolute Gasteiger partial charge is 0.334 e. The van der Waals surface area contributed by atoms with Crippen LogP contribution in [0.2, 0.25) is 0 Å². The molecule has 4 heteroatoms. The zero-order chi connectivity index (χ0) is 13.8. The summed E-state index contributed by atoms with van der Waals surface area (Å²) in [7, 11) is 0. The number of nitrogens with zero attached hydrogens (tertiary/aromatic N) is 2. The SMILES string of the molecule is CC(C)CN(C(=O)c1cccc(Br)n1)C1CCCC1. The van der Waals surface area contributed by atoms with Crippen LogP contribution in [-0.4, -0.2) is 28.4 Å². The lowest BCUT2D eigenvalue weighted by Gasteiger charge is -2.30. The van der Waals surface area contributed by atoms with Gasteiger partial charge < -0.3 is 4.90 Å². The smallest absolute Gasteiger partial charge is 0.272 e. The van der Waals surface area contributed by atoms with Gasteiger partial charge in [0.05, 0.1) is 0 Å². The van der Waals surface area contributed by atoms with E-state index in [1.165, 1.54) is 12.8 Å². The average molecular weight is 325 g/mol. The van der Waals surface area contributed by atoms with Gasteiger partial charge in [0.2, 0.25) is 0 Å². The second kappa shape index (κ2) is 6.51. The highest BCUT2D eigenvalue weighted by Crippen LogP contribution is 2.25. The van der Waals surface area contributed by atoms with Crippen LogP contribution < -0.4 is 0 Å². The van der Waals surface area contributed by atoms with Crippen molar-refractivity contribution in [3.63, 3.8) is 0 Å². The number of hydrogen-bond acceptors (Lipinski definition) is 2. The maximum Gasteiger partial charge on any atom is 0.272 e. The van der Waals surface area contributed by atoms with Gasteiger partial charge in [-0.25, -0.2) is 4.98 Å². The number of halogens is 1. The Kier molecular flexibility index (Phi) is 4.97. The molecule has 3 nitrogen and oxygen atoms in total. The molecule has 0 spiro atoms. The summed E-state index contributed by atoms with van der Waals surface area (Å²) in [5.74, 6) is 0.554. The van der Waals surface area contributed by atoms with Gasteiger partial charge in [-0.3, -0.25) is 4.79 Å². The van der Waals surface area contributed by atoms with Crippen molar-refractivity contribution in [1.82, 2.24) is 9.88 Å². The molecule has 0 aliphatic heterocycles. The van der Waals surface area contributed by atoms with Crippen molar-refractivity contribution < 1.29 is 4.79 Å². The maximum atomic E-state index is 12.7. The van der Waals surface area contributed by atoms with Crippen LogP contribution in [0.3, 0.4) is 0 Å². The summed E-state index contributed by atoms with van der Waals surface area (Å²) in [6, 6.07) is 5.91. The van der Waals surface area contributed by atoms with E-state index in [1.54, 1.807) is 6.07 Å². The lowest BCUT2D eigenvalue weighted by molar-refractivity contribution is 0.0649. The first kappa shape index (κ1) is 14.5. The van der Waals surface area contributed by atoms with Crippen LogP contribution in [0.15, 0.2) is 22.8 Å². The highest BCUT2D eigenvalue weighted by molar-refractivity contribution is 9.10. The van der Waals surface area contributed by atoms with E-state index in [-0.39, 0.29) is 5.91 Å². The van der Waals surface area contributed by atoms with Crippen molar-refractivity contribution in [2.24, 2.45) is 5.92 Å². The molecule has 19 heavy (non-hydrogen) atoms. The summed E-state index contributed by atoms with van der Waals surface area (Å²) >= 11 is 3.33. The lowest BCUT2D eigenvalue weighted by atomic mass is 10.1. The molecule has 1 aliphatic carbocycles. The fourth-order valence-corrected chi connectivity index (χ4v) is 3.03. The predicted molar refractivity (Wildman–Crippen MR) is 80.1 cm³/mol. The second-order valence-corrected chi connectivity index (χ2v) is 6.45. The molecule has 0 atom stereocenters. The van der Waals surface area contributed by atoms with Crippen molar-refractivity contribution in [3.05, 3.63) is 28.5 Å². The maximum absolute atomic E-state index is 12.7. The molecule has 0 unspecified atom stereocenters. The molecule has 2 rings (SSSR count). The van der Waals surface area contributed by atoms with Gasteiger partial charge in [0.15, 0.2) is 0 Å². The molecule has 1 aromatic heterocycles. The zero-order valence-corrected chi connectivity index (χ0v) is 13.2. The zero-order valence-electron chi connectivity index (χ0n) is 11.6. The second-order valence-electron chi connectivity index (χ2n) is 5.64. The molecule has 0 saturated heterocycles. The molecule has 0 aromatic carbocycles. The molecule has 0 bridgehead atoms. The molecule has 1 aliphatic rings. The fraction of sp³-hybridized carbons (Fsp3) is 0.600. The summed E-state index contributed by atoms with van der Waals surface area (Å²) < 4.78 is 0.717. The van der Waals surface area contributed by atoms with E-state index in [0.717, 1.165) is 19.4 Å². The Hall–Kier alpha value is -0.900. The third-order valence-electron chi connectivity index (χ3n) is 3.52. The number of hydrogen-bond donors (Lipinski definition) is 0. The third kappa shape index (κ3) is 3.78. The first-order valence-corrected chi connectivity index (χ1v) is 7.80. The van der Waals surface area contributed by atoms with Crippen LogP contribution in [0.4, 0.5) is 0 Å². The molecule has 1 aromatic rings. The normalized spacial score (nSPS) is 16.0. The lowest BCUT2D eigenvalue weighted by Crippen LogP contribution is -2.41. The van der Waals surface area contributed by atoms with Gasteiger partial charge in [0.25, 0.3) is 5.91 Å².